The van der Waals surface area contributed by atoms with Crippen LogP contribution in [0.2, 0.25) is 0 Å². The molecule has 0 saturated heterocycles. The second kappa shape index (κ2) is 8.35. The van der Waals surface area contributed by atoms with E-state index in [1.807, 2.05) is 6.92 Å². The Balaban J connectivity index is 2.56. The van der Waals surface area contributed by atoms with Crippen molar-refractivity contribution in [3.05, 3.63) is 35.4 Å². The molecule has 0 bridgehead atoms. The van der Waals surface area contributed by atoms with Gasteiger partial charge in [0, 0.05) is 5.56 Å². The number of carboxylic acid groups (broad SMARTS) is 1. The standard InChI is InChI=1S/C16H22O4/c1-3-4-5-6-9-12(2)20-16(19)14-11-8-7-10-13(14)15(17)18/h7-8,10-12H,3-6,9H2,1-2H3,(H,17,18)/p-1/t12-/m1/s1. The van der Waals surface area contributed by atoms with Crippen molar-refractivity contribution in [2.45, 2.75) is 52.1 Å². The van der Waals surface area contributed by atoms with E-state index in [2.05, 4.69) is 6.92 Å². The first kappa shape index (κ1) is 16.2. The molecular formula is C16H21O4-. The van der Waals surface area contributed by atoms with Crippen LogP contribution in [0.15, 0.2) is 24.3 Å². The zero-order chi connectivity index (χ0) is 15.0. The number of esters is 1. The van der Waals surface area contributed by atoms with Gasteiger partial charge in [0.1, 0.15) is 0 Å². The number of carbonyl (C=O) groups is 2. The van der Waals surface area contributed by atoms with E-state index in [-0.39, 0.29) is 17.2 Å². The van der Waals surface area contributed by atoms with Crippen molar-refractivity contribution in [1.82, 2.24) is 0 Å². The van der Waals surface area contributed by atoms with Crippen LogP contribution in [0.4, 0.5) is 0 Å². The Morgan fingerprint density at radius 1 is 1.15 bits per heavy atom. The highest BCUT2D eigenvalue weighted by atomic mass is 16.5. The zero-order valence-electron chi connectivity index (χ0n) is 12.1. The zero-order valence-corrected chi connectivity index (χ0v) is 12.1. The molecule has 4 nitrogen and oxygen atoms in total. The van der Waals surface area contributed by atoms with Gasteiger partial charge in [-0.1, -0.05) is 44.4 Å². The highest BCUT2D eigenvalue weighted by molar-refractivity contribution is 6.01. The average Bonchev–Trinajstić information content (AvgIpc) is 2.43. The lowest BCUT2D eigenvalue weighted by atomic mass is 10.1. The maximum absolute atomic E-state index is 12.0. The number of carbonyl (C=O) groups excluding carboxylic acids is 2. The highest BCUT2D eigenvalue weighted by Gasteiger charge is 2.15. The fraction of sp³-hybridized carbons (Fsp3) is 0.500. The molecule has 0 aliphatic heterocycles. The van der Waals surface area contributed by atoms with Crippen molar-refractivity contribution in [1.29, 1.82) is 0 Å². The van der Waals surface area contributed by atoms with Crippen molar-refractivity contribution in [3.8, 4) is 0 Å². The summed E-state index contributed by atoms with van der Waals surface area (Å²) in [7, 11) is 0. The van der Waals surface area contributed by atoms with E-state index in [0.29, 0.717) is 0 Å². The summed E-state index contributed by atoms with van der Waals surface area (Å²) in [4.78, 5) is 22.9. The summed E-state index contributed by atoms with van der Waals surface area (Å²) < 4.78 is 5.28. The van der Waals surface area contributed by atoms with E-state index in [9.17, 15) is 14.7 Å². The number of hydrogen-bond acceptors (Lipinski definition) is 4. The Kier molecular flexibility index (Phi) is 6.77. The van der Waals surface area contributed by atoms with Gasteiger partial charge < -0.3 is 14.6 Å². The Morgan fingerprint density at radius 3 is 2.40 bits per heavy atom. The minimum Gasteiger partial charge on any atom is -0.545 e. The Bertz CT molecular complexity index is 454. The van der Waals surface area contributed by atoms with Crippen LogP contribution in [0.5, 0.6) is 0 Å². The van der Waals surface area contributed by atoms with Gasteiger partial charge in [-0.2, -0.15) is 0 Å². The number of carboxylic acids is 1. The van der Waals surface area contributed by atoms with E-state index in [4.69, 9.17) is 4.74 Å². The van der Waals surface area contributed by atoms with E-state index in [1.165, 1.54) is 18.6 Å². The first-order valence-electron chi connectivity index (χ1n) is 7.07. The van der Waals surface area contributed by atoms with Crippen molar-refractivity contribution >= 4 is 11.9 Å². The fourth-order valence-electron chi connectivity index (χ4n) is 2.00. The molecule has 20 heavy (non-hydrogen) atoms. The van der Waals surface area contributed by atoms with Gasteiger partial charge in [-0.05, 0) is 25.8 Å². The second-order valence-electron chi connectivity index (χ2n) is 4.90. The van der Waals surface area contributed by atoms with Crippen LogP contribution in [-0.2, 0) is 4.74 Å². The van der Waals surface area contributed by atoms with Crippen LogP contribution >= 0.6 is 0 Å². The SMILES string of the molecule is CCCCCC[C@@H](C)OC(=O)c1ccccc1C(=O)[O-]. The molecule has 0 heterocycles. The van der Waals surface area contributed by atoms with Crippen LogP contribution in [-0.4, -0.2) is 18.0 Å². The molecule has 1 aromatic rings. The minimum atomic E-state index is -1.37. The number of rotatable bonds is 8. The lowest BCUT2D eigenvalue weighted by Gasteiger charge is -2.15. The van der Waals surface area contributed by atoms with E-state index in [1.54, 1.807) is 12.1 Å². The van der Waals surface area contributed by atoms with Gasteiger partial charge in [0.25, 0.3) is 0 Å². The highest BCUT2D eigenvalue weighted by Crippen LogP contribution is 2.13. The van der Waals surface area contributed by atoms with E-state index >= 15 is 0 Å². The normalized spacial score (nSPS) is 11.9. The number of hydrogen-bond donors (Lipinski definition) is 0. The third-order valence-electron chi connectivity index (χ3n) is 3.14. The van der Waals surface area contributed by atoms with Crippen molar-refractivity contribution in [3.63, 3.8) is 0 Å². The van der Waals surface area contributed by atoms with Gasteiger partial charge in [0.2, 0.25) is 0 Å². The Morgan fingerprint density at radius 2 is 1.80 bits per heavy atom. The first-order chi connectivity index (χ1) is 9.56. The summed E-state index contributed by atoms with van der Waals surface area (Å²) in [6.07, 6.45) is 5.04. The number of benzene rings is 1. The molecule has 0 aromatic heterocycles. The van der Waals surface area contributed by atoms with Crippen LogP contribution < -0.4 is 5.11 Å². The molecule has 1 rings (SSSR count). The van der Waals surface area contributed by atoms with Gasteiger partial charge in [0.05, 0.1) is 17.6 Å². The lowest BCUT2D eigenvalue weighted by molar-refractivity contribution is -0.255. The minimum absolute atomic E-state index is 0.0490. The van der Waals surface area contributed by atoms with Crippen LogP contribution in [0.25, 0.3) is 0 Å². The summed E-state index contributed by atoms with van der Waals surface area (Å²) >= 11 is 0. The topological polar surface area (TPSA) is 66.4 Å². The van der Waals surface area contributed by atoms with Gasteiger partial charge in [-0.3, -0.25) is 0 Å². The van der Waals surface area contributed by atoms with Gasteiger partial charge in [-0.15, -0.1) is 0 Å². The lowest BCUT2D eigenvalue weighted by Crippen LogP contribution is -2.26. The molecule has 0 aliphatic carbocycles. The van der Waals surface area contributed by atoms with Gasteiger partial charge in [0.15, 0.2) is 0 Å². The molecule has 0 saturated carbocycles. The molecular weight excluding hydrogens is 256 g/mol. The molecule has 0 amide bonds. The summed E-state index contributed by atoms with van der Waals surface area (Å²) in [5.41, 5.74) is -0.0800. The second-order valence-corrected chi connectivity index (χ2v) is 4.90. The third kappa shape index (κ3) is 5.03. The van der Waals surface area contributed by atoms with E-state index < -0.39 is 11.9 Å². The van der Waals surface area contributed by atoms with Crippen LogP contribution in [0.1, 0.15) is 66.7 Å². The molecule has 0 N–H and O–H groups in total. The van der Waals surface area contributed by atoms with Crippen LogP contribution in [0, 0.1) is 0 Å². The molecule has 1 atom stereocenters. The van der Waals surface area contributed by atoms with Gasteiger partial charge >= 0.3 is 5.97 Å². The molecule has 0 aliphatic rings. The third-order valence-corrected chi connectivity index (χ3v) is 3.14. The number of aromatic carboxylic acids is 1. The summed E-state index contributed by atoms with van der Waals surface area (Å²) in [6, 6.07) is 5.94. The van der Waals surface area contributed by atoms with Crippen LogP contribution in [0.3, 0.4) is 0 Å². The summed E-state index contributed by atoms with van der Waals surface area (Å²) in [6.45, 7) is 3.96. The Labute approximate surface area is 119 Å². The molecule has 0 unspecified atom stereocenters. The molecule has 0 spiro atoms. The Hall–Kier alpha value is -1.84. The largest absolute Gasteiger partial charge is 0.545 e. The van der Waals surface area contributed by atoms with Crippen molar-refractivity contribution in [2.24, 2.45) is 0 Å². The quantitative estimate of drug-likeness (QED) is 0.541. The number of ether oxygens (including phenoxy) is 1. The smallest absolute Gasteiger partial charge is 0.339 e. The summed E-state index contributed by atoms with van der Waals surface area (Å²) in [5.74, 6) is -1.97. The molecule has 1 aromatic carbocycles. The summed E-state index contributed by atoms with van der Waals surface area (Å²) in [5, 5.41) is 10.9. The maximum Gasteiger partial charge on any atom is 0.339 e. The molecule has 0 fully saturated rings. The first-order valence-corrected chi connectivity index (χ1v) is 7.07. The number of unbranched alkanes of at least 4 members (excludes halogenated alkanes) is 3. The predicted octanol–water partition coefficient (Wildman–Crippen LogP) is 2.57. The average molecular weight is 277 g/mol. The molecule has 0 radical (unpaired) electrons. The molecule has 4 heteroatoms. The van der Waals surface area contributed by atoms with Gasteiger partial charge in [-0.25, -0.2) is 4.79 Å². The fourth-order valence-corrected chi connectivity index (χ4v) is 2.00. The van der Waals surface area contributed by atoms with E-state index in [0.717, 1.165) is 25.7 Å². The maximum atomic E-state index is 12.0. The predicted molar refractivity (Wildman–Crippen MR) is 74.4 cm³/mol. The molecule has 110 valence electrons. The van der Waals surface area contributed by atoms with Crippen molar-refractivity contribution in [2.75, 3.05) is 0 Å². The monoisotopic (exact) mass is 277 g/mol. The van der Waals surface area contributed by atoms with Crippen molar-refractivity contribution < 1.29 is 19.4 Å².